The third-order valence-corrected chi connectivity index (χ3v) is 3.02. The molecule has 19 heavy (non-hydrogen) atoms. The number of halogens is 6. The molecule has 0 saturated carbocycles. The quantitative estimate of drug-likeness (QED) is 0.781. The van der Waals surface area contributed by atoms with Crippen LogP contribution in [0.5, 0.6) is 0 Å². The molecule has 9 heteroatoms. The molecule has 0 spiro atoms. The summed E-state index contributed by atoms with van der Waals surface area (Å²) in [6.07, 6.45) is -8.82. The Bertz CT molecular complexity index is 306. The third-order valence-electron chi connectivity index (χ3n) is 3.02. The van der Waals surface area contributed by atoms with E-state index in [1.165, 1.54) is 0 Å². The predicted octanol–water partition coefficient (Wildman–Crippen LogP) is 1.99. The maximum atomic E-state index is 12.3. The summed E-state index contributed by atoms with van der Waals surface area (Å²) in [7, 11) is 0. The number of nitrogens with one attached hydrogen (secondary N) is 2. The van der Waals surface area contributed by atoms with Gasteiger partial charge in [-0.3, -0.25) is 4.79 Å². The fourth-order valence-electron chi connectivity index (χ4n) is 1.90. The van der Waals surface area contributed by atoms with Crippen LogP contribution < -0.4 is 10.6 Å². The van der Waals surface area contributed by atoms with Gasteiger partial charge in [-0.2, -0.15) is 26.3 Å². The lowest BCUT2D eigenvalue weighted by Crippen LogP contribution is -2.46. The van der Waals surface area contributed by atoms with Gasteiger partial charge in [-0.15, -0.1) is 0 Å². The van der Waals surface area contributed by atoms with Crippen LogP contribution in [0.1, 0.15) is 19.3 Å². The van der Waals surface area contributed by atoms with Crippen molar-refractivity contribution >= 4 is 5.91 Å². The van der Waals surface area contributed by atoms with E-state index >= 15 is 0 Å². The molecule has 1 fully saturated rings. The summed E-state index contributed by atoms with van der Waals surface area (Å²) in [6, 6.07) is -0.299. The molecular formula is C10H14F6N2O. The monoisotopic (exact) mass is 292 g/mol. The Balaban J connectivity index is 2.22. The molecule has 2 N–H and O–H groups in total. The Morgan fingerprint density at radius 2 is 1.79 bits per heavy atom. The van der Waals surface area contributed by atoms with Crippen LogP contribution in [0, 0.1) is 5.92 Å². The molecule has 0 aromatic rings. The lowest BCUT2D eigenvalue weighted by Gasteiger charge is -2.31. The minimum Gasteiger partial charge on any atom is -0.348 e. The van der Waals surface area contributed by atoms with Crippen LogP contribution in [-0.4, -0.2) is 37.4 Å². The Hall–Kier alpha value is -0.990. The zero-order valence-electron chi connectivity index (χ0n) is 9.87. The molecule has 0 bridgehead atoms. The van der Waals surface area contributed by atoms with Gasteiger partial charge in [0.2, 0.25) is 0 Å². The van der Waals surface area contributed by atoms with Crippen molar-refractivity contribution in [1.82, 2.24) is 10.6 Å². The van der Waals surface area contributed by atoms with E-state index in [0.29, 0.717) is 0 Å². The van der Waals surface area contributed by atoms with Gasteiger partial charge in [0.05, 0.1) is 5.92 Å². The van der Waals surface area contributed by atoms with Crippen molar-refractivity contribution in [2.45, 2.75) is 37.7 Å². The summed E-state index contributed by atoms with van der Waals surface area (Å²) in [5.74, 6) is -3.44. The Morgan fingerprint density at radius 1 is 1.16 bits per heavy atom. The van der Waals surface area contributed by atoms with Gasteiger partial charge >= 0.3 is 18.3 Å². The lowest BCUT2D eigenvalue weighted by atomic mass is 9.93. The van der Waals surface area contributed by atoms with Crippen molar-refractivity contribution in [2.24, 2.45) is 5.92 Å². The first-order valence-electron chi connectivity index (χ1n) is 5.76. The fraction of sp³-hybridized carbons (Fsp3) is 0.900. The highest BCUT2D eigenvalue weighted by Crippen LogP contribution is 2.32. The number of hydrogen-bond donors (Lipinski definition) is 2. The first-order chi connectivity index (χ1) is 8.60. The van der Waals surface area contributed by atoms with Crippen LogP contribution in [-0.2, 0) is 4.79 Å². The predicted molar refractivity (Wildman–Crippen MR) is 54.3 cm³/mol. The van der Waals surface area contributed by atoms with E-state index in [9.17, 15) is 31.1 Å². The van der Waals surface area contributed by atoms with Crippen molar-refractivity contribution in [1.29, 1.82) is 0 Å². The number of rotatable bonds is 3. The Kier molecular flexibility index (Phi) is 5.05. The second-order valence-corrected chi connectivity index (χ2v) is 4.46. The van der Waals surface area contributed by atoms with E-state index < -0.39 is 24.2 Å². The Labute approximate surface area is 105 Å². The summed E-state index contributed by atoms with van der Waals surface area (Å²) in [5.41, 5.74) is 0. The Morgan fingerprint density at radius 3 is 2.21 bits per heavy atom. The second kappa shape index (κ2) is 5.98. The average molecular weight is 292 g/mol. The molecule has 0 aromatic carbocycles. The normalized spacial score (nSPS) is 25.2. The van der Waals surface area contributed by atoms with Gasteiger partial charge < -0.3 is 10.6 Å². The fourth-order valence-corrected chi connectivity index (χ4v) is 1.90. The topological polar surface area (TPSA) is 41.1 Å². The first kappa shape index (κ1) is 16.1. The van der Waals surface area contributed by atoms with Crippen molar-refractivity contribution in [3.63, 3.8) is 0 Å². The number of alkyl halides is 6. The molecule has 0 radical (unpaired) electrons. The molecule has 1 aliphatic rings. The summed E-state index contributed by atoms with van der Waals surface area (Å²) < 4.78 is 72.5. The van der Waals surface area contributed by atoms with Gasteiger partial charge in [0.25, 0.3) is 0 Å². The minimum atomic E-state index is -4.93. The van der Waals surface area contributed by atoms with E-state index in [0.717, 1.165) is 0 Å². The zero-order chi connectivity index (χ0) is 14.7. The molecule has 1 heterocycles. The summed E-state index contributed by atoms with van der Waals surface area (Å²) in [4.78, 5) is 10.5. The number of piperidine rings is 1. The number of carbonyl (C=O) groups is 1. The summed E-state index contributed by atoms with van der Waals surface area (Å²) in [6.45, 7) is -0.450. The van der Waals surface area contributed by atoms with Crippen LogP contribution in [0.2, 0.25) is 0 Å². The van der Waals surface area contributed by atoms with Crippen molar-refractivity contribution in [3.8, 4) is 0 Å². The molecule has 1 rings (SSSR count). The highest BCUT2D eigenvalue weighted by atomic mass is 19.4. The molecule has 0 aromatic heterocycles. The van der Waals surface area contributed by atoms with E-state index in [1.807, 2.05) is 0 Å². The van der Waals surface area contributed by atoms with Crippen LogP contribution in [0.3, 0.4) is 0 Å². The highest BCUT2D eigenvalue weighted by Gasteiger charge is 2.41. The molecule has 2 atom stereocenters. The maximum absolute atomic E-state index is 12.3. The molecule has 1 amide bonds. The number of amides is 1. The van der Waals surface area contributed by atoms with Crippen molar-refractivity contribution in [3.05, 3.63) is 0 Å². The van der Waals surface area contributed by atoms with Gasteiger partial charge in [-0.25, -0.2) is 0 Å². The van der Waals surface area contributed by atoms with Crippen LogP contribution >= 0.6 is 0 Å². The lowest BCUT2D eigenvalue weighted by molar-refractivity contribution is -0.179. The van der Waals surface area contributed by atoms with Crippen LogP contribution in [0.4, 0.5) is 26.3 Å². The SMILES string of the molecule is O=C(NCC[C@@H]1CC[C@@H](C(F)(F)F)CN1)C(F)(F)F. The standard InChI is InChI=1S/C10H14F6N2O/c11-9(12,13)6-1-2-7(18-5-6)3-4-17-8(19)10(14,15)16/h6-7,18H,1-5H2,(H,17,19)/t6-,7+/m1/s1. The molecule has 1 saturated heterocycles. The van der Waals surface area contributed by atoms with E-state index in [4.69, 9.17) is 0 Å². The number of hydrogen-bond acceptors (Lipinski definition) is 2. The van der Waals surface area contributed by atoms with Gasteiger partial charge in [0.1, 0.15) is 0 Å². The van der Waals surface area contributed by atoms with Gasteiger partial charge in [-0.05, 0) is 19.3 Å². The molecule has 112 valence electrons. The number of carbonyl (C=O) groups excluding carboxylic acids is 1. The van der Waals surface area contributed by atoms with E-state index in [1.54, 1.807) is 5.32 Å². The molecule has 0 unspecified atom stereocenters. The average Bonchev–Trinajstić information content (AvgIpc) is 2.27. The van der Waals surface area contributed by atoms with E-state index in [-0.39, 0.29) is 38.4 Å². The molecular weight excluding hydrogens is 278 g/mol. The van der Waals surface area contributed by atoms with Crippen LogP contribution in [0.15, 0.2) is 0 Å². The second-order valence-electron chi connectivity index (χ2n) is 4.46. The third kappa shape index (κ3) is 5.25. The maximum Gasteiger partial charge on any atom is 0.471 e. The largest absolute Gasteiger partial charge is 0.471 e. The van der Waals surface area contributed by atoms with Gasteiger partial charge in [0, 0.05) is 19.1 Å². The van der Waals surface area contributed by atoms with Gasteiger partial charge in [-0.1, -0.05) is 0 Å². The zero-order valence-corrected chi connectivity index (χ0v) is 9.87. The molecule has 0 aliphatic carbocycles. The van der Waals surface area contributed by atoms with Crippen LogP contribution in [0.25, 0.3) is 0 Å². The smallest absolute Gasteiger partial charge is 0.348 e. The van der Waals surface area contributed by atoms with Gasteiger partial charge in [0.15, 0.2) is 0 Å². The molecule has 1 aliphatic heterocycles. The minimum absolute atomic E-state index is 0.0472. The first-order valence-corrected chi connectivity index (χ1v) is 5.76. The molecule has 3 nitrogen and oxygen atoms in total. The highest BCUT2D eigenvalue weighted by molar-refractivity contribution is 5.81. The van der Waals surface area contributed by atoms with Crippen molar-refractivity contribution < 1.29 is 31.1 Å². The van der Waals surface area contributed by atoms with Crippen molar-refractivity contribution in [2.75, 3.05) is 13.1 Å². The summed E-state index contributed by atoms with van der Waals surface area (Å²) in [5, 5.41) is 4.32. The van der Waals surface area contributed by atoms with E-state index in [2.05, 4.69) is 5.32 Å². The summed E-state index contributed by atoms with van der Waals surface area (Å²) >= 11 is 0.